The van der Waals surface area contributed by atoms with Crippen LogP contribution >= 0.6 is 11.6 Å². The summed E-state index contributed by atoms with van der Waals surface area (Å²) in [7, 11) is 1.88. The number of hydrogen-bond acceptors (Lipinski definition) is 3. The van der Waals surface area contributed by atoms with Gasteiger partial charge >= 0.3 is 0 Å². The molecule has 17 heavy (non-hydrogen) atoms. The van der Waals surface area contributed by atoms with Gasteiger partial charge in [0, 0.05) is 12.1 Å². The molecular weight excluding hydrogens is 238 g/mol. The Balaban J connectivity index is 2.18. The fraction of sp³-hybridized carbons (Fsp3) is 0.538. The van der Waals surface area contributed by atoms with Crippen molar-refractivity contribution in [3.63, 3.8) is 0 Å². The Morgan fingerprint density at radius 3 is 2.94 bits per heavy atom. The summed E-state index contributed by atoms with van der Waals surface area (Å²) in [6.45, 7) is 0.707. The first kappa shape index (κ1) is 12.7. The Kier molecular flexibility index (Phi) is 4.26. The van der Waals surface area contributed by atoms with Gasteiger partial charge in [0.25, 0.3) is 0 Å². The fourth-order valence-electron chi connectivity index (χ4n) is 2.21. The molecule has 1 aromatic rings. The Hall–Kier alpha value is -0.770. The number of para-hydroxylation sites is 1. The van der Waals surface area contributed by atoms with Crippen molar-refractivity contribution < 1.29 is 9.84 Å². The predicted octanol–water partition coefficient (Wildman–Crippen LogP) is 2.35. The summed E-state index contributed by atoms with van der Waals surface area (Å²) in [5, 5.41) is 13.5. The van der Waals surface area contributed by atoms with Crippen molar-refractivity contribution in [2.24, 2.45) is 0 Å². The molecular formula is C13H18ClNO2. The van der Waals surface area contributed by atoms with Gasteiger partial charge in [0.1, 0.15) is 11.9 Å². The van der Waals surface area contributed by atoms with Crippen LogP contribution in [0, 0.1) is 0 Å². The van der Waals surface area contributed by atoms with E-state index < -0.39 is 0 Å². The zero-order valence-corrected chi connectivity index (χ0v) is 10.7. The summed E-state index contributed by atoms with van der Waals surface area (Å²) in [5.74, 6) is 0.703. The van der Waals surface area contributed by atoms with Gasteiger partial charge < -0.3 is 15.2 Å². The van der Waals surface area contributed by atoms with Crippen molar-refractivity contribution in [2.75, 3.05) is 7.05 Å². The van der Waals surface area contributed by atoms with Crippen LogP contribution in [0.2, 0.25) is 5.02 Å². The summed E-state index contributed by atoms with van der Waals surface area (Å²) in [4.78, 5) is 0. The summed E-state index contributed by atoms with van der Waals surface area (Å²) in [6, 6.07) is 5.71. The first-order chi connectivity index (χ1) is 8.22. The first-order valence-corrected chi connectivity index (χ1v) is 6.37. The zero-order valence-electron chi connectivity index (χ0n) is 9.95. The van der Waals surface area contributed by atoms with Gasteiger partial charge in [-0.25, -0.2) is 0 Å². The van der Waals surface area contributed by atoms with Crippen molar-refractivity contribution in [3.8, 4) is 5.75 Å². The van der Waals surface area contributed by atoms with Crippen LogP contribution in [0.15, 0.2) is 18.2 Å². The molecule has 0 amide bonds. The molecule has 0 saturated heterocycles. The van der Waals surface area contributed by atoms with Gasteiger partial charge in [0.2, 0.25) is 0 Å². The highest BCUT2D eigenvalue weighted by Gasteiger charge is 2.28. The lowest BCUT2D eigenvalue weighted by molar-refractivity contribution is 0.0598. The van der Waals surface area contributed by atoms with E-state index >= 15 is 0 Å². The molecule has 1 aliphatic rings. The van der Waals surface area contributed by atoms with Crippen LogP contribution in [0.3, 0.4) is 0 Å². The number of halogens is 1. The topological polar surface area (TPSA) is 41.5 Å². The lowest BCUT2D eigenvalue weighted by Gasteiger charge is -2.20. The molecule has 94 valence electrons. The Bertz CT molecular complexity index is 384. The highest BCUT2D eigenvalue weighted by Crippen LogP contribution is 2.33. The molecule has 0 aromatic heterocycles. The summed E-state index contributed by atoms with van der Waals surface area (Å²) < 4.78 is 5.88. The molecule has 1 fully saturated rings. The lowest BCUT2D eigenvalue weighted by atomic mass is 10.2. The summed E-state index contributed by atoms with van der Waals surface area (Å²) in [5.41, 5.74) is 1.03. The number of benzene rings is 1. The normalized spacial score (nSPS) is 23.9. The van der Waals surface area contributed by atoms with Crippen LogP contribution < -0.4 is 10.1 Å². The van der Waals surface area contributed by atoms with Gasteiger partial charge in [0.05, 0.1) is 11.1 Å². The molecule has 0 aliphatic heterocycles. The van der Waals surface area contributed by atoms with Crippen LogP contribution in [-0.4, -0.2) is 24.4 Å². The minimum Gasteiger partial charge on any atom is -0.486 e. The van der Waals surface area contributed by atoms with Crippen LogP contribution in [-0.2, 0) is 6.54 Å². The largest absolute Gasteiger partial charge is 0.486 e. The Morgan fingerprint density at radius 2 is 2.29 bits per heavy atom. The van der Waals surface area contributed by atoms with E-state index in [2.05, 4.69) is 5.32 Å². The quantitative estimate of drug-likeness (QED) is 0.868. The Labute approximate surface area is 107 Å². The molecule has 0 heterocycles. The molecule has 0 radical (unpaired) electrons. The van der Waals surface area contributed by atoms with Crippen molar-refractivity contribution >= 4 is 11.6 Å². The predicted molar refractivity (Wildman–Crippen MR) is 68.5 cm³/mol. The van der Waals surface area contributed by atoms with Crippen molar-refractivity contribution in [2.45, 2.75) is 38.0 Å². The molecule has 2 unspecified atom stereocenters. The van der Waals surface area contributed by atoms with E-state index in [4.69, 9.17) is 16.3 Å². The van der Waals surface area contributed by atoms with Crippen molar-refractivity contribution in [3.05, 3.63) is 28.8 Å². The molecule has 0 bridgehead atoms. The monoisotopic (exact) mass is 255 g/mol. The maximum absolute atomic E-state index is 9.78. The van der Waals surface area contributed by atoms with Gasteiger partial charge in [0.15, 0.2) is 0 Å². The molecule has 1 aliphatic carbocycles. The van der Waals surface area contributed by atoms with E-state index in [0.29, 0.717) is 17.3 Å². The third kappa shape index (κ3) is 2.92. The summed E-state index contributed by atoms with van der Waals surface area (Å²) >= 11 is 6.16. The van der Waals surface area contributed by atoms with Gasteiger partial charge in [-0.1, -0.05) is 23.7 Å². The lowest BCUT2D eigenvalue weighted by Crippen LogP contribution is -2.26. The summed E-state index contributed by atoms with van der Waals surface area (Å²) in [6.07, 6.45) is 2.23. The van der Waals surface area contributed by atoms with E-state index in [1.807, 2.05) is 25.2 Å². The molecule has 1 aromatic carbocycles. The van der Waals surface area contributed by atoms with E-state index in [1.165, 1.54) is 0 Å². The van der Waals surface area contributed by atoms with Crippen LogP contribution in [0.1, 0.15) is 24.8 Å². The van der Waals surface area contributed by atoms with Crippen molar-refractivity contribution in [1.29, 1.82) is 0 Å². The van der Waals surface area contributed by atoms with Crippen LogP contribution in [0.5, 0.6) is 5.75 Å². The molecule has 2 N–H and O–H groups in total. The standard InChI is InChI=1S/C13H18ClNO2/c1-15-8-9-4-2-5-10(14)13(9)17-12-7-3-6-11(12)16/h2,4-5,11-12,15-16H,3,6-8H2,1H3. The van der Waals surface area contributed by atoms with Crippen LogP contribution in [0.4, 0.5) is 0 Å². The number of aliphatic hydroxyl groups excluding tert-OH is 1. The maximum Gasteiger partial charge on any atom is 0.142 e. The smallest absolute Gasteiger partial charge is 0.142 e. The number of nitrogens with one attached hydrogen (secondary N) is 1. The third-order valence-corrected chi connectivity index (χ3v) is 3.40. The maximum atomic E-state index is 9.78. The molecule has 2 rings (SSSR count). The first-order valence-electron chi connectivity index (χ1n) is 5.99. The number of hydrogen-bond donors (Lipinski definition) is 2. The minimum absolute atomic E-state index is 0.120. The Morgan fingerprint density at radius 1 is 1.47 bits per heavy atom. The highest BCUT2D eigenvalue weighted by molar-refractivity contribution is 6.32. The number of ether oxygens (including phenoxy) is 1. The molecule has 2 atom stereocenters. The van der Waals surface area contributed by atoms with Gasteiger partial charge in [-0.15, -0.1) is 0 Å². The molecule has 1 saturated carbocycles. The van der Waals surface area contributed by atoms with E-state index in [0.717, 1.165) is 24.8 Å². The fourth-order valence-corrected chi connectivity index (χ4v) is 2.45. The molecule has 4 heteroatoms. The van der Waals surface area contributed by atoms with E-state index in [-0.39, 0.29) is 12.2 Å². The number of rotatable bonds is 4. The second-order valence-electron chi connectivity index (χ2n) is 4.41. The van der Waals surface area contributed by atoms with Gasteiger partial charge in [-0.2, -0.15) is 0 Å². The minimum atomic E-state index is -0.367. The van der Waals surface area contributed by atoms with E-state index in [9.17, 15) is 5.11 Å². The number of aliphatic hydroxyl groups is 1. The highest BCUT2D eigenvalue weighted by atomic mass is 35.5. The second-order valence-corrected chi connectivity index (χ2v) is 4.82. The molecule has 3 nitrogen and oxygen atoms in total. The van der Waals surface area contributed by atoms with Gasteiger partial charge in [-0.05, 0) is 32.4 Å². The average molecular weight is 256 g/mol. The molecule has 0 spiro atoms. The zero-order chi connectivity index (χ0) is 12.3. The SMILES string of the molecule is CNCc1cccc(Cl)c1OC1CCCC1O. The average Bonchev–Trinajstić information content (AvgIpc) is 2.70. The third-order valence-electron chi connectivity index (χ3n) is 3.10. The van der Waals surface area contributed by atoms with Crippen LogP contribution in [0.25, 0.3) is 0 Å². The second kappa shape index (κ2) is 5.71. The van der Waals surface area contributed by atoms with E-state index in [1.54, 1.807) is 0 Å². The van der Waals surface area contributed by atoms with Gasteiger partial charge in [-0.3, -0.25) is 0 Å². The van der Waals surface area contributed by atoms with Crippen molar-refractivity contribution in [1.82, 2.24) is 5.32 Å².